The number of aliphatic hydroxyl groups excluding tert-OH is 1. The Morgan fingerprint density at radius 1 is 1.50 bits per heavy atom. The van der Waals surface area contributed by atoms with Crippen molar-refractivity contribution in [3.63, 3.8) is 0 Å². The second-order valence-corrected chi connectivity index (χ2v) is 3.71. The molecule has 0 amide bonds. The van der Waals surface area contributed by atoms with Gasteiger partial charge in [0.1, 0.15) is 5.60 Å². The number of halogens is 1. The number of aliphatic hydroxyl groups is 1. The first-order valence-electron chi connectivity index (χ1n) is 4.29. The van der Waals surface area contributed by atoms with E-state index >= 15 is 0 Å². The minimum absolute atomic E-state index is 0.0956. The van der Waals surface area contributed by atoms with Crippen LogP contribution in [0, 0.1) is 5.82 Å². The molecule has 4 heteroatoms. The van der Waals surface area contributed by atoms with Crippen molar-refractivity contribution in [1.82, 2.24) is 0 Å². The van der Waals surface area contributed by atoms with E-state index in [0.717, 1.165) is 0 Å². The molecule has 0 aliphatic carbocycles. The van der Waals surface area contributed by atoms with Gasteiger partial charge >= 0.3 is 0 Å². The summed E-state index contributed by atoms with van der Waals surface area (Å²) in [5, 5.41) is 8.93. The van der Waals surface area contributed by atoms with Gasteiger partial charge in [0, 0.05) is 11.8 Å². The van der Waals surface area contributed by atoms with Crippen LogP contribution in [0.25, 0.3) is 0 Å². The second-order valence-electron chi connectivity index (χ2n) is 3.71. The summed E-state index contributed by atoms with van der Waals surface area (Å²) in [6.45, 7) is 3.16. The molecule has 1 aromatic rings. The van der Waals surface area contributed by atoms with Crippen LogP contribution in [-0.4, -0.2) is 17.3 Å². The summed E-state index contributed by atoms with van der Waals surface area (Å²) in [5.41, 5.74) is 4.93. The lowest BCUT2D eigenvalue weighted by molar-refractivity contribution is 0.0379. The Balaban J connectivity index is 2.87. The topological polar surface area (TPSA) is 55.5 Å². The maximum Gasteiger partial charge on any atom is 0.167 e. The number of rotatable bonds is 3. The van der Waals surface area contributed by atoms with Gasteiger partial charge in [0.25, 0.3) is 0 Å². The molecule has 0 radical (unpaired) electrons. The summed E-state index contributed by atoms with van der Waals surface area (Å²) in [7, 11) is 0. The van der Waals surface area contributed by atoms with Crippen LogP contribution < -0.4 is 10.5 Å². The fourth-order valence-electron chi connectivity index (χ4n) is 0.930. The monoisotopic (exact) mass is 199 g/mol. The first kappa shape index (κ1) is 10.8. The van der Waals surface area contributed by atoms with Crippen molar-refractivity contribution in [2.75, 3.05) is 12.3 Å². The van der Waals surface area contributed by atoms with E-state index in [1.54, 1.807) is 19.9 Å². The predicted octanol–water partition coefficient (Wildman–Crippen LogP) is 1.56. The summed E-state index contributed by atoms with van der Waals surface area (Å²) in [6.07, 6.45) is 0. The summed E-state index contributed by atoms with van der Waals surface area (Å²) in [6, 6.07) is 4.18. The van der Waals surface area contributed by atoms with Crippen LogP contribution in [0.3, 0.4) is 0 Å². The zero-order chi connectivity index (χ0) is 10.8. The van der Waals surface area contributed by atoms with Crippen molar-refractivity contribution >= 4 is 5.69 Å². The van der Waals surface area contributed by atoms with E-state index in [2.05, 4.69) is 0 Å². The molecular formula is C10H14FNO2. The average Bonchev–Trinajstić information content (AvgIpc) is 2.10. The molecule has 0 fully saturated rings. The quantitative estimate of drug-likeness (QED) is 0.726. The molecule has 0 spiro atoms. The number of anilines is 1. The van der Waals surface area contributed by atoms with Gasteiger partial charge in [0.05, 0.1) is 6.61 Å². The Kier molecular flexibility index (Phi) is 2.96. The highest BCUT2D eigenvalue weighted by Gasteiger charge is 2.20. The first-order chi connectivity index (χ1) is 6.44. The molecule has 1 aromatic carbocycles. The van der Waals surface area contributed by atoms with Gasteiger partial charge in [-0.15, -0.1) is 0 Å². The standard InChI is InChI=1S/C10H14FNO2/c1-10(2,6-13)14-9-4-3-7(12)5-8(9)11/h3-5,13H,6,12H2,1-2H3. The number of hydrogen-bond acceptors (Lipinski definition) is 3. The molecule has 0 saturated carbocycles. The van der Waals surface area contributed by atoms with Crippen molar-refractivity contribution in [1.29, 1.82) is 0 Å². The lowest BCUT2D eigenvalue weighted by Crippen LogP contribution is -2.32. The molecule has 0 aliphatic heterocycles. The Bertz CT molecular complexity index is 326. The minimum Gasteiger partial charge on any atom is -0.482 e. The van der Waals surface area contributed by atoms with E-state index in [1.807, 2.05) is 0 Å². The zero-order valence-electron chi connectivity index (χ0n) is 8.25. The van der Waals surface area contributed by atoms with Crippen LogP contribution in [0.2, 0.25) is 0 Å². The molecule has 1 rings (SSSR count). The van der Waals surface area contributed by atoms with Crippen LogP contribution in [0.15, 0.2) is 18.2 Å². The Hall–Kier alpha value is -1.29. The Morgan fingerprint density at radius 3 is 2.64 bits per heavy atom. The third-order valence-corrected chi connectivity index (χ3v) is 1.72. The smallest absolute Gasteiger partial charge is 0.167 e. The van der Waals surface area contributed by atoms with Crippen molar-refractivity contribution in [3.05, 3.63) is 24.0 Å². The van der Waals surface area contributed by atoms with Crippen LogP contribution in [0.1, 0.15) is 13.8 Å². The van der Waals surface area contributed by atoms with Gasteiger partial charge in [-0.3, -0.25) is 0 Å². The summed E-state index contributed by atoms with van der Waals surface area (Å²) in [4.78, 5) is 0. The minimum atomic E-state index is -0.795. The van der Waals surface area contributed by atoms with E-state index in [0.29, 0.717) is 5.69 Å². The Labute approximate surface area is 82.3 Å². The van der Waals surface area contributed by atoms with Gasteiger partial charge in [-0.05, 0) is 26.0 Å². The lowest BCUT2D eigenvalue weighted by Gasteiger charge is -2.24. The first-order valence-corrected chi connectivity index (χ1v) is 4.29. The molecule has 0 saturated heterocycles. The number of nitrogen functional groups attached to an aromatic ring is 1. The van der Waals surface area contributed by atoms with Gasteiger partial charge < -0.3 is 15.6 Å². The lowest BCUT2D eigenvalue weighted by atomic mass is 10.1. The van der Waals surface area contributed by atoms with Crippen molar-refractivity contribution in [2.24, 2.45) is 0 Å². The van der Waals surface area contributed by atoms with Gasteiger partial charge in [0.2, 0.25) is 0 Å². The van der Waals surface area contributed by atoms with Gasteiger partial charge in [-0.1, -0.05) is 0 Å². The molecule has 14 heavy (non-hydrogen) atoms. The van der Waals surface area contributed by atoms with Gasteiger partial charge in [-0.25, -0.2) is 4.39 Å². The zero-order valence-corrected chi connectivity index (χ0v) is 8.25. The molecule has 0 unspecified atom stereocenters. The van der Waals surface area contributed by atoms with Crippen molar-refractivity contribution in [3.8, 4) is 5.75 Å². The van der Waals surface area contributed by atoms with Crippen LogP contribution in [0.5, 0.6) is 5.75 Å². The largest absolute Gasteiger partial charge is 0.482 e. The SMILES string of the molecule is CC(C)(CO)Oc1ccc(N)cc1F. The number of benzene rings is 1. The molecule has 0 bridgehead atoms. The number of nitrogens with two attached hydrogens (primary N) is 1. The van der Waals surface area contributed by atoms with E-state index in [9.17, 15) is 4.39 Å². The molecule has 3 nitrogen and oxygen atoms in total. The normalized spacial score (nSPS) is 11.4. The maximum atomic E-state index is 13.2. The van der Waals surface area contributed by atoms with Gasteiger partial charge in [-0.2, -0.15) is 0 Å². The van der Waals surface area contributed by atoms with E-state index in [1.165, 1.54) is 12.1 Å². The molecule has 0 aromatic heterocycles. The average molecular weight is 199 g/mol. The maximum absolute atomic E-state index is 13.2. The van der Waals surface area contributed by atoms with Gasteiger partial charge in [0.15, 0.2) is 11.6 Å². The number of hydrogen-bond donors (Lipinski definition) is 2. The third kappa shape index (κ3) is 2.60. The molecular weight excluding hydrogens is 185 g/mol. The molecule has 3 N–H and O–H groups in total. The fraction of sp³-hybridized carbons (Fsp3) is 0.400. The molecule has 0 heterocycles. The van der Waals surface area contributed by atoms with E-state index in [4.69, 9.17) is 15.6 Å². The third-order valence-electron chi connectivity index (χ3n) is 1.72. The molecule has 78 valence electrons. The number of ether oxygens (including phenoxy) is 1. The molecule has 0 atom stereocenters. The van der Waals surface area contributed by atoms with Crippen molar-refractivity contribution < 1.29 is 14.2 Å². The van der Waals surface area contributed by atoms with Crippen LogP contribution in [-0.2, 0) is 0 Å². The fourth-order valence-corrected chi connectivity index (χ4v) is 0.930. The Morgan fingerprint density at radius 2 is 2.14 bits per heavy atom. The molecule has 0 aliphatic rings. The second kappa shape index (κ2) is 3.84. The van der Waals surface area contributed by atoms with Crippen molar-refractivity contribution in [2.45, 2.75) is 19.4 Å². The summed E-state index contributed by atoms with van der Waals surface area (Å²) >= 11 is 0. The van der Waals surface area contributed by atoms with Crippen LogP contribution in [0.4, 0.5) is 10.1 Å². The highest BCUT2D eigenvalue weighted by molar-refractivity contribution is 5.42. The van der Waals surface area contributed by atoms with Crippen LogP contribution >= 0.6 is 0 Å². The highest BCUT2D eigenvalue weighted by Crippen LogP contribution is 2.23. The van der Waals surface area contributed by atoms with E-state index in [-0.39, 0.29) is 12.4 Å². The predicted molar refractivity (Wildman–Crippen MR) is 52.6 cm³/mol. The van der Waals surface area contributed by atoms with E-state index < -0.39 is 11.4 Å². The summed E-state index contributed by atoms with van der Waals surface area (Å²) in [5.74, 6) is -0.426. The highest BCUT2D eigenvalue weighted by atomic mass is 19.1. The summed E-state index contributed by atoms with van der Waals surface area (Å²) < 4.78 is 18.5.